The van der Waals surface area contributed by atoms with Crippen LogP contribution in [0, 0.1) is 0 Å². The maximum atomic E-state index is 12.4. The summed E-state index contributed by atoms with van der Waals surface area (Å²) < 4.78 is 5.45. The minimum atomic E-state index is -1.25. The molecule has 104 valence electrons. The van der Waals surface area contributed by atoms with E-state index in [4.69, 9.17) is 14.6 Å². The van der Waals surface area contributed by atoms with Crippen molar-refractivity contribution in [3.05, 3.63) is 57.7 Å². The molecule has 0 saturated heterocycles. The summed E-state index contributed by atoms with van der Waals surface area (Å²) in [6.45, 7) is 0. The van der Waals surface area contributed by atoms with Crippen LogP contribution >= 0.6 is 0 Å². The number of para-hydroxylation sites is 2. The van der Waals surface area contributed by atoms with E-state index >= 15 is 0 Å². The van der Waals surface area contributed by atoms with Crippen LogP contribution < -0.4 is 5.43 Å². The van der Waals surface area contributed by atoms with E-state index < -0.39 is 17.4 Å². The van der Waals surface area contributed by atoms with Crippen molar-refractivity contribution in [3.63, 3.8) is 0 Å². The fraction of sp³-hybridized carbons (Fsp3) is 0. The molecule has 6 nitrogen and oxygen atoms in total. The quantitative estimate of drug-likeness (QED) is 0.700. The molecular weight excluding hydrogens is 276 g/mol. The highest BCUT2D eigenvalue weighted by Crippen LogP contribution is 2.24. The molecule has 0 radical (unpaired) electrons. The van der Waals surface area contributed by atoms with Crippen LogP contribution in [-0.2, 0) is 0 Å². The molecule has 0 aliphatic carbocycles. The average molecular weight is 284 g/mol. The van der Waals surface area contributed by atoms with Crippen LogP contribution in [0.2, 0.25) is 0 Å². The standard InChI is InChI=1S/C15H8O6/c16-11-7-3-1-5-9(14(17)18)12(7)21-13-8(11)4-2-6-10(13)15(19)20/h1-6H,(H,17,18)(H,19,20). The topological polar surface area (TPSA) is 105 Å². The predicted octanol–water partition coefficient (Wildman–Crippen LogP) is 2.34. The third-order valence-corrected chi connectivity index (χ3v) is 3.18. The molecule has 0 saturated carbocycles. The number of aromatic carboxylic acids is 2. The molecule has 0 unspecified atom stereocenters. The molecule has 0 atom stereocenters. The summed E-state index contributed by atoms with van der Waals surface area (Å²) in [6, 6.07) is 8.36. The van der Waals surface area contributed by atoms with Crippen molar-refractivity contribution in [1.29, 1.82) is 0 Å². The SMILES string of the molecule is O=C(O)c1cccc2c(=O)c3cccc(C(=O)O)c3oc12. The molecule has 2 aromatic carbocycles. The Morgan fingerprint density at radius 1 is 0.810 bits per heavy atom. The Labute approximate surface area is 116 Å². The van der Waals surface area contributed by atoms with Crippen LogP contribution in [0.3, 0.4) is 0 Å². The third kappa shape index (κ3) is 1.85. The van der Waals surface area contributed by atoms with Crippen LogP contribution in [0.5, 0.6) is 0 Å². The van der Waals surface area contributed by atoms with Crippen LogP contribution in [0.15, 0.2) is 45.6 Å². The van der Waals surface area contributed by atoms with Crippen LogP contribution in [0.25, 0.3) is 21.9 Å². The first-order valence-electron chi connectivity index (χ1n) is 5.96. The van der Waals surface area contributed by atoms with Gasteiger partial charge in [-0.05, 0) is 24.3 Å². The van der Waals surface area contributed by atoms with Crippen molar-refractivity contribution in [2.24, 2.45) is 0 Å². The Balaban J connectivity index is 2.60. The van der Waals surface area contributed by atoms with Gasteiger partial charge in [0.2, 0.25) is 5.43 Å². The summed E-state index contributed by atoms with van der Waals surface area (Å²) in [5.41, 5.74) is -1.09. The van der Waals surface area contributed by atoms with Crippen molar-refractivity contribution < 1.29 is 24.2 Å². The van der Waals surface area contributed by atoms with Crippen LogP contribution in [0.4, 0.5) is 0 Å². The van der Waals surface area contributed by atoms with E-state index in [1.54, 1.807) is 0 Å². The van der Waals surface area contributed by atoms with Gasteiger partial charge in [-0.2, -0.15) is 0 Å². The monoisotopic (exact) mass is 284 g/mol. The van der Waals surface area contributed by atoms with E-state index in [-0.39, 0.29) is 33.1 Å². The lowest BCUT2D eigenvalue weighted by Crippen LogP contribution is -2.08. The molecule has 0 spiro atoms. The Morgan fingerprint density at radius 2 is 1.24 bits per heavy atom. The summed E-state index contributed by atoms with van der Waals surface area (Å²) in [4.78, 5) is 34.8. The number of fused-ring (bicyclic) bond motifs is 2. The molecule has 3 rings (SSSR count). The number of benzene rings is 2. The maximum Gasteiger partial charge on any atom is 0.339 e. The molecule has 1 heterocycles. The molecule has 6 heteroatoms. The molecule has 21 heavy (non-hydrogen) atoms. The Morgan fingerprint density at radius 3 is 1.62 bits per heavy atom. The predicted molar refractivity (Wildman–Crippen MR) is 73.9 cm³/mol. The van der Waals surface area contributed by atoms with Gasteiger partial charge in [-0.1, -0.05) is 12.1 Å². The summed E-state index contributed by atoms with van der Waals surface area (Å²) in [5.74, 6) is -2.51. The first-order valence-corrected chi connectivity index (χ1v) is 5.96. The fourth-order valence-electron chi connectivity index (χ4n) is 2.24. The van der Waals surface area contributed by atoms with Crippen molar-refractivity contribution in [3.8, 4) is 0 Å². The molecule has 0 aliphatic rings. The Hall–Kier alpha value is -3.15. The van der Waals surface area contributed by atoms with Gasteiger partial charge in [-0.3, -0.25) is 4.79 Å². The van der Waals surface area contributed by atoms with Gasteiger partial charge in [-0.15, -0.1) is 0 Å². The number of hydrogen-bond acceptors (Lipinski definition) is 4. The molecule has 3 aromatic rings. The van der Waals surface area contributed by atoms with Crippen LogP contribution in [0.1, 0.15) is 20.7 Å². The molecule has 2 N–H and O–H groups in total. The summed E-state index contributed by atoms with van der Waals surface area (Å²) in [6.07, 6.45) is 0. The smallest absolute Gasteiger partial charge is 0.339 e. The minimum Gasteiger partial charge on any atom is -0.478 e. The largest absolute Gasteiger partial charge is 0.478 e. The van der Waals surface area contributed by atoms with Gasteiger partial charge in [-0.25, -0.2) is 9.59 Å². The van der Waals surface area contributed by atoms with Crippen molar-refractivity contribution >= 4 is 33.9 Å². The zero-order valence-electron chi connectivity index (χ0n) is 10.5. The molecule has 0 fully saturated rings. The third-order valence-electron chi connectivity index (χ3n) is 3.18. The van der Waals surface area contributed by atoms with E-state index in [9.17, 15) is 14.4 Å². The average Bonchev–Trinajstić information content (AvgIpc) is 2.46. The second kappa shape index (κ2) is 4.45. The lowest BCUT2D eigenvalue weighted by molar-refractivity contribution is 0.0688. The van der Waals surface area contributed by atoms with Crippen LogP contribution in [-0.4, -0.2) is 22.2 Å². The summed E-state index contributed by atoms with van der Waals surface area (Å²) >= 11 is 0. The summed E-state index contributed by atoms with van der Waals surface area (Å²) in [7, 11) is 0. The van der Waals surface area contributed by atoms with Gasteiger partial charge in [0.25, 0.3) is 0 Å². The minimum absolute atomic E-state index is 0.102. The molecule has 1 aromatic heterocycles. The molecule has 0 aliphatic heterocycles. The van der Waals surface area contributed by atoms with E-state index in [1.165, 1.54) is 36.4 Å². The number of carboxylic acids is 2. The van der Waals surface area contributed by atoms with Crippen molar-refractivity contribution in [2.45, 2.75) is 0 Å². The maximum absolute atomic E-state index is 12.4. The van der Waals surface area contributed by atoms with Gasteiger partial charge in [0, 0.05) is 0 Å². The lowest BCUT2D eigenvalue weighted by atomic mass is 10.1. The number of rotatable bonds is 2. The number of carboxylic acid groups (broad SMARTS) is 2. The fourth-order valence-corrected chi connectivity index (χ4v) is 2.24. The lowest BCUT2D eigenvalue weighted by Gasteiger charge is -2.05. The highest BCUT2D eigenvalue weighted by molar-refractivity contribution is 6.06. The Bertz CT molecular complexity index is 892. The van der Waals surface area contributed by atoms with Gasteiger partial charge in [0.05, 0.1) is 10.8 Å². The second-order valence-electron chi connectivity index (χ2n) is 4.41. The second-order valence-corrected chi connectivity index (χ2v) is 4.41. The normalized spacial score (nSPS) is 10.9. The molecule has 0 amide bonds. The molecular formula is C15H8O6. The van der Waals surface area contributed by atoms with E-state index in [1.807, 2.05) is 0 Å². The summed E-state index contributed by atoms with van der Waals surface area (Å²) in [5, 5.41) is 18.5. The van der Waals surface area contributed by atoms with Gasteiger partial charge >= 0.3 is 11.9 Å². The van der Waals surface area contributed by atoms with Gasteiger partial charge in [0.15, 0.2) is 11.2 Å². The molecule has 0 bridgehead atoms. The van der Waals surface area contributed by atoms with E-state index in [0.29, 0.717) is 0 Å². The zero-order chi connectivity index (χ0) is 15.1. The first kappa shape index (κ1) is 12.9. The van der Waals surface area contributed by atoms with Gasteiger partial charge in [0.1, 0.15) is 11.1 Å². The zero-order valence-corrected chi connectivity index (χ0v) is 10.5. The highest BCUT2D eigenvalue weighted by atomic mass is 16.4. The van der Waals surface area contributed by atoms with E-state index in [0.717, 1.165) is 0 Å². The number of hydrogen-bond donors (Lipinski definition) is 2. The highest BCUT2D eigenvalue weighted by Gasteiger charge is 2.18. The Kier molecular flexibility index (Phi) is 2.72. The van der Waals surface area contributed by atoms with Gasteiger partial charge < -0.3 is 14.6 Å². The van der Waals surface area contributed by atoms with E-state index in [2.05, 4.69) is 0 Å². The number of carbonyl (C=O) groups is 2. The first-order chi connectivity index (χ1) is 10.0. The van der Waals surface area contributed by atoms with Crippen molar-refractivity contribution in [1.82, 2.24) is 0 Å². The van der Waals surface area contributed by atoms with Crippen molar-refractivity contribution in [2.75, 3.05) is 0 Å².